The highest BCUT2D eigenvalue weighted by Crippen LogP contribution is 2.36. The van der Waals surface area contributed by atoms with Crippen molar-refractivity contribution in [1.29, 1.82) is 0 Å². The molecule has 39 heavy (non-hydrogen) atoms. The smallest absolute Gasteiger partial charge is 0.255 e. The maximum Gasteiger partial charge on any atom is 0.255 e. The summed E-state index contributed by atoms with van der Waals surface area (Å²) in [5, 5.41) is 6.37. The zero-order valence-corrected chi connectivity index (χ0v) is 22.1. The fourth-order valence-electron chi connectivity index (χ4n) is 5.32. The lowest BCUT2D eigenvalue weighted by molar-refractivity contribution is -0.134. The molecule has 0 bridgehead atoms. The van der Waals surface area contributed by atoms with Crippen LogP contribution in [0.5, 0.6) is 5.75 Å². The van der Waals surface area contributed by atoms with Gasteiger partial charge in [0.15, 0.2) is 0 Å². The first kappa shape index (κ1) is 26.6. The third-order valence-electron chi connectivity index (χ3n) is 7.61. The van der Waals surface area contributed by atoms with E-state index >= 15 is 0 Å². The van der Waals surface area contributed by atoms with Gasteiger partial charge in [0, 0.05) is 31.7 Å². The SMILES string of the molecule is O=C1NC[C@@H](Cc2ccccc2)NC(=O)C2(C/C=C/COc3ccccc31)CCN(Cc1cnccn1)CC2. The van der Waals surface area contributed by atoms with E-state index in [-0.39, 0.29) is 17.9 Å². The van der Waals surface area contributed by atoms with Crippen molar-refractivity contribution in [2.24, 2.45) is 5.41 Å². The lowest BCUT2D eigenvalue weighted by atomic mass is 9.74. The van der Waals surface area contributed by atoms with Crippen molar-refractivity contribution in [2.45, 2.75) is 38.3 Å². The van der Waals surface area contributed by atoms with Gasteiger partial charge in [0.1, 0.15) is 12.4 Å². The Bertz CT molecular complexity index is 1270. The number of aromatic nitrogens is 2. The Balaban J connectivity index is 1.36. The number of ether oxygens (including phenoxy) is 1. The molecule has 0 radical (unpaired) electrons. The summed E-state index contributed by atoms with van der Waals surface area (Å²) in [4.78, 5) is 38.0. The summed E-state index contributed by atoms with van der Waals surface area (Å²) in [7, 11) is 0. The topological polar surface area (TPSA) is 96.5 Å². The molecule has 1 saturated heterocycles. The number of nitrogens with one attached hydrogen (secondary N) is 2. The molecule has 2 aliphatic heterocycles. The Labute approximate surface area is 229 Å². The highest BCUT2D eigenvalue weighted by molar-refractivity contribution is 5.97. The summed E-state index contributed by atoms with van der Waals surface area (Å²) >= 11 is 0. The number of piperidine rings is 1. The van der Waals surface area contributed by atoms with Gasteiger partial charge in [-0.2, -0.15) is 0 Å². The van der Waals surface area contributed by atoms with Crippen molar-refractivity contribution in [3.8, 4) is 5.75 Å². The Kier molecular flexibility index (Phi) is 8.63. The minimum atomic E-state index is -0.531. The van der Waals surface area contributed by atoms with E-state index in [0.717, 1.165) is 43.7 Å². The molecule has 0 saturated carbocycles. The van der Waals surface area contributed by atoms with Gasteiger partial charge in [-0.15, -0.1) is 0 Å². The molecule has 202 valence electrons. The van der Waals surface area contributed by atoms with Gasteiger partial charge < -0.3 is 15.4 Å². The fourth-order valence-corrected chi connectivity index (χ4v) is 5.32. The van der Waals surface area contributed by atoms with Gasteiger partial charge >= 0.3 is 0 Å². The van der Waals surface area contributed by atoms with Crippen LogP contribution in [0.15, 0.2) is 85.3 Å². The summed E-state index contributed by atoms with van der Waals surface area (Å²) in [6, 6.07) is 17.1. The predicted octanol–water partition coefficient (Wildman–Crippen LogP) is 3.56. The minimum Gasteiger partial charge on any atom is -0.489 e. The Morgan fingerprint density at radius 2 is 1.77 bits per heavy atom. The lowest BCUT2D eigenvalue weighted by Gasteiger charge is -2.41. The van der Waals surface area contributed by atoms with Crippen molar-refractivity contribution in [3.63, 3.8) is 0 Å². The molecule has 1 aromatic heterocycles. The summed E-state index contributed by atoms with van der Waals surface area (Å²) < 4.78 is 5.94. The molecule has 1 atom stereocenters. The van der Waals surface area contributed by atoms with Crippen LogP contribution >= 0.6 is 0 Å². The van der Waals surface area contributed by atoms with Gasteiger partial charge in [0.2, 0.25) is 5.91 Å². The second-order valence-electron chi connectivity index (χ2n) is 10.3. The van der Waals surface area contributed by atoms with Crippen LogP contribution in [0.25, 0.3) is 0 Å². The molecule has 2 aliphatic rings. The van der Waals surface area contributed by atoms with E-state index in [1.807, 2.05) is 54.6 Å². The van der Waals surface area contributed by atoms with Crippen molar-refractivity contribution in [1.82, 2.24) is 25.5 Å². The first-order chi connectivity index (χ1) is 19.1. The lowest BCUT2D eigenvalue weighted by Crippen LogP contribution is -2.53. The normalized spacial score (nSPS) is 21.1. The summed E-state index contributed by atoms with van der Waals surface area (Å²) in [6.07, 6.45) is 11.9. The molecule has 1 spiro atoms. The number of allylic oxidation sites excluding steroid dienone is 1. The highest BCUT2D eigenvalue weighted by Gasteiger charge is 2.41. The molecule has 2 N–H and O–H groups in total. The van der Waals surface area contributed by atoms with Crippen molar-refractivity contribution in [2.75, 3.05) is 26.2 Å². The van der Waals surface area contributed by atoms with Gasteiger partial charge in [0.05, 0.1) is 22.7 Å². The van der Waals surface area contributed by atoms with Crippen molar-refractivity contribution >= 4 is 11.8 Å². The van der Waals surface area contributed by atoms with Crippen LogP contribution in [-0.2, 0) is 17.8 Å². The molecule has 3 heterocycles. The number of likely N-dealkylation sites (tertiary alicyclic amines) is 1. The first-order valence-corrected chi connectivity index (χ1v) is 13.6. The molecule has 0 unspecified atom stereocenters. The molecule has 2 aromatic carbocycles. The van der Waals surface area contributed by atoms with Crippen LogP contribution in [0.1, 0.15) is 40.9 Å². The Morgan fingerprint density at radius 3 is 2.56 bits per heavy atom. The average molecular weight is 526 g/mol. The van der Waals surface area contributed by atoms with Gasteiger partial charge in [-0.05, 0) is 56.5 Å². The first-order valence-electron chi connectivity index (χ1n) is 13.6. The fraction of sp³-hybridized carbons (Fsp3) is 0.355. The number of fused-ring (bicyclic) bond motifs is 1. The number of hydrogen-bond donors (Lipinski definition) is 2. The monoisotopic (exact) mass is 525 g/mol. The Morgan fingerprint density at radius 1 is 0.974 bits per heavy atom. The van der Waals surface area contributed by atoms with Crippen LogP contribution in [-0.4, -0.2) is 59.0 Å². The second kappa shape index (κ2) is 12.7. The number of carbonyl (C=O) groups is 2. The summed E-state index contributed by atoms with van der Waals surface area (Å²) in [5.74, 6) is 0.373. The zero-order chi connectivity index (χ0) is 26.9. The average Bonchev–Trinajstić information content (AvgIpc) is 2.97. The molecular formula is C31H35N5O3. The van der Waals surface area contributed by atoms with Gasteiger partial charge in [-0.25, -0.2) is 0 Å². The van der Waals surface area contributed by atoms with Crippen molar-refractivity contribution < 1.29 is 14.3 Å². The van der Waals surface area contributed by atoms with E-state index in [9.17, 15) is 9.59 Å². The van der Waals surface area contributed by atoms with Crippen LogP contribution in [0.2, 0.25) is 0 Å². The number of benzene rings is 2. The van der Waals surface area contributed by atoms with E-state index in [1.54, 1.807) is 24.7 Å². The minimum absolute atomic E-state index is 0.0415. The second-order valence-corrected chi connectivity index (χ2v) is 10.3. The largest absolute Gasteiger partial charge is 0.489 e. The van der Waals surface area contributed by atoms with Crippen LogP contribution in [0, 0.1) is 5.41 Å². The van der Waals surface area contributed by atoms with E-state index in [0.29, 0.717) is 37.3 Å². The van der Waals surface area contributed by atoms with E-state index < -0.39 is 5.41 Å². The molecule has 8 heteroatoms. The molecule has 3 aromatic rings. The van der Waals surface area contributed by atoms with Crippen LogP contribution in [0.4, 0.5) is 0 Å². The molecule has 8 nitrogen and oxygen atoms in total. The van der Waals surface area contributed by atoms with Gasteiger partial charge in [-0.3, -0.25) is 24.5 Å². The summed E-state index contributed by atoms with van der Waals surface area (Å²) in [5.41, 5.74) is 1.99. The number of amides is 2. The van der Waals surface area contributed by atoms with Gasteiger partial charge in [0.25, 0.3) is 5.91 Å². The Hall–Kier alpha value is -4.04. The maximum absolute atomic E-state index is 14.0. The van der Waals surface area contributed by atoms with Crippen LogP contribution in [0.3, 0.4) is 0 Å². The van der Waals surface area contributed by atoms with Crippen LogP contribution < -0.4 is 15.4 Å². The number of nitrogens with zero attached hydrogens (tertiary/aromatic N) is 3. The quantitative estimate of drug-likeness (QED) is 0.506. The molecule has 0 aliphatic carbocycles. The third-order valence-corrected chi connectivity index (χ3v) is 7.61. The number of rotatable bonds is 4. The van der Waals surface area contributed by atoms with Crippen molar-refractivity contribution in [3.05, 3.63) is 102 Å². The molecule has 2 amide bonds. The third kappa shape index (κ3) is 6.89. The molecule has 1 fully saturated rings. The van der Waals surface area contributed by atoms with Gasteiger partial charge in [-0.1, -0.05) is 54.6 Å². The number of hydrogen-bond acceptors (Lipinski definition) is 6. The zero-order valence-electron chi connectivity index (χ0n) is 22.1. The van der Waals surface area contributed by atoms with E-state index in [4.69, 9.17) is 4.74 Å². The standard InChI is InChI=1S/C31H35N5O3/c37-29-27-10-4-5-11-28(27)39-19-7-6-12-31(13-17-36(18-14-31)23-26-21-32-15-16-33-26)30(38)35-25(22-34-29)20-24-8-2-1-3-9-24/h1-11,15-16,21,25H,12-14,17-20,22-23H2,(H,34,37)(H,35,38)/b7-6+/t25-/m1/s1. The van der Waals surface area contributed by atoms with E-state index in [1.165, 1.54) is 0 Å². The number of carbonyl (C=O) groups excluding carboxylic acids is 2. The summed E-state index contributed by atoms with van der Waals surface area (Å²) in [6.45, 7) is 2.96. The van der Waals surface area contributed by atoms with E-state index in [2.05, 4.69) is 31.6 Å². The maximum atomic E-state index is 14.0. The molecule has 5 rings (SSSR count). The highest BCUT2D eigenvalue weighted by atomic mass is 16.5. The molecular weight excluding hydrogens is 490 g/mol. The predicted molar refractivity (Wildman–Crippen MR) is 149 cm³/mol. The number of para-hydroxylation sites is 1.